The summed E-state index contributed by atoms with van der Waals surface area (Å²) in [6, 6.07) is 25.6. The van der Waals surface area contributed by atoms with Crippen molar-refractivity contribution in [1.29, 1.82) is 0 Å². The van der Waals surface area contributed by atoms with E-state index in [1.165, 1.54) is 5.56 Å². The molecular formula is C31H37BrN2O2. The number of halogens is 1. The molecule has 4 nitrogen and oxygen atoms in total. The van der Waals surface area contributed by atoms with E-state index in [1.54, 1.807) is 4.90 Å². The fraction of sp³-hybridized carbons (Fsp3) is 0.355. The Kier molecular flexibility index (Phi) is 9.89. The number of benzene rings is 3. The van der Waals surface area contributed by atoms with Crippen molar-refractivity contribution in [2.24, 2.45) is 0 Å². The summed E-state index contributed by atoms with van der Waals surface area (Å²) in [5, 5.41) is 3.12. The third-order valence-corrected chi connectivity index (χ3v) is 6.62. The molecule has 190 valence electrons. The van der Waals surface area contributed by atoms with Crippen LogP contribution < -0.4 is 5.32 Å². The second-order valence-electron chi connectivity index (χ2n) is 10.3. The van der Waals surface area contributed by atoms with Crippen LogP contribution in [0.1, 0.15) is 56.4 Å². The molecule has 3 aromatic rings. The van der Waals surface area contributed by atoms with Crippen LogP contribution in [0.25, 0.3) is 0 Å². The minimum atomic E-state index is -0.620. The minimum Gasteiger partial charge on any atom is -0.350 e. The van der Waals surface area contributed by atoms with E-state index in [0.717, 1.165) is 27.6 Å². The molecular weight excluding hydrogens is 512 g/mol. The van der Waals surface area contributed by atoms with E-state index in [-0.39, 0.29) is 11.8 Å². The Bertz CT molecular complexity index is 1120. The quantitative estimate of drug-likeness (QED) is 0.314. The first kappa shape index (κ1) is 27.7. The Balaban J connectivity index is 1.90. The Morgan fingerprint density at radius 3 is 2.00 bits per heavy atom. The highest BCUT2D eigenvalue weighted by atomic mass is 79.9. The van der Waals surface area contributed by atoms with Crippen LogP contribution >= 0.6 is 15.9 Å². The highest BCUT2D eigenvalue weighted by Gasteiger charge is 2.32. The molecule has 0 spiro atoms. The fourth-order valence-corrected chi connectivity index (χ4v) is 4.39. The predicted molar refractivity (Wildman–Crippen MR) is 151 cm³/mol. The van der Waals surface area contributed by atoms with Crippen LogP contribution in [0.5, 0.6) is 0 Å². The highest BCUT2D eigenvalue weighted by Crippen LogP contribution is 2.19. The molecule has 0 heterocycles. The topological polar surface area (TPSA) is 49.4 Å². The molecule has 0 aliphatic heterocycles. The number of rotatable bonds is 10. The average molecular weight is 550 g/mol. The van der Waals surface area contributed by atoms with Crippen LogP contribution in [0.15, 0.2) is 83.3 Å². The zero-order valence-electron chi connectivity index (χ0n) is 21.8. The summed E-state index contributed by atoms with van der Waals surface area (Å²) >= 11 is 3.49. The van der Waals surface area contributed by atoms with Crippen molar-refractivity contribution in [3.8, 4) is 0 Å². The van der Waals surface area contributed by atoms with Gasteiger partial charge in [0.2, 0.25) is 11.8 Å². The van der Waals surface area contributed by atoms with E-state index >= 15 is 0 Å². The van der Waals surface area contributed by atoms with E-state index in [1.807, 2.05) is 75.4 Å². The molecule has 0 aromatic heterocycles. The number of nitrogens with zero attached hydrogens (tertiary/aromatic N) is 1. The van der Waals surface area contributed by atoms with Gasteiger partial charge in [-0.05, 0) is 68.0 Å². The van der Waals surface area contributed by atoms with Crippen molar-refractivity contribution in [2.75, 3.05) is 0 Å². The van der Waals surface area contributed by atoms with Gasteiger partial charge in [-0.1, -0.05) is 89.6 Å². The molecule has 0 bridgehead atoms. The summed E-state index contributed by atoms with van der Waals surface area (Å²) in [5.41, 5.74) is 4.02. The van der Waals surface area contributed by atoms with Crippen molar-refractivity contribution >= 4 is 27.7 Å². The largest absolute Gasteiger partial charge is 0.350 e. The van der Waals surface area contributed by atoms with Crippen LogP contribution in [0.4, 0.5) is 0 Å². The number of amides is 2. The van der Waals surface area contributed by atoms with Crippen molar-refractivity contribution in [3.05, 3.63) is 106 Å². The molecule has 0 aliphatic carbocycles. The van der Waals surface area contributed by atoms with E-state index < -0.39 is 11.6 Å². The zero-order chi connectivity index (χ0) is 26.1. The lowest BCUT2D eigenvalue weighted by Crippen LogP contribution is -2.54. The van der Waals surface area contributed by atoms with E-state index in [4.69, 9.17) is 0 Å². The molecule has 0 radical (unpaired) electrons. The van der Waals surface area contributed by atoms with Crippen LogP contribution in [-0.4, -0.2) is 28.3 Å². The van der Waals surface area contributed by atoms with Gasteiger partial charge >= 0.3 is 0 Å². The van der Waals surface area contributed by atoms with Gasteiger partial charge in [0.15, 0.2) is 0 Å². The molecule has 3 aromatic carbocycles. The van der Waals surface area contributed by atoms with Crippen LogP contribution in [0.2, 0.25) is 0 Å². The Hall–Kier alpha value is -2.92. The normalized spacial score (nSPS) is 12.1. The first-order chi connectivity index (χ1) is 17.1. The molecule has 0 aliphatic rings. The number of hydrogen-bond donors (Lipinski definition) is 1. The van der Waals surface area contributed by atoms with Crippen molar-refractivity contribution in [3.63, 3.8) is 0 Å². The van der Waals surface area contributed by atoms with E-state index in [2.05, 4.69) is 52.4 Å². The lowest BCUT2D eigenvalue weighted by atomic mass is 9.99. The van der Waals surface area contributed by atoms with Gasteiger partial charge < -0.3 is 10.2 Å². The molecule has 36 heavy (non-hydrogen) atoms. The summed E-state index contributed by atoms with van der Waals surface area (Å²) in [5.74, 6) is -0.161. The summed E-state index contributed by atoms with van der Waals surface area (Å²) < 4.78 is 0.978. The Morgan fingerprint density at radius 1 is 0.833 bits per heavy atom. The maximum absolute atomic E-state index is 13.7. The van der Waals surface area contributed by atoms with Crippen LogP contribution in [0, 0.1) is 0 Å². The molecule has 3 rings (SSSR count). The lowest BCUT2D eigenvalue weighted by Gasteiger charge is -2.34. The first-order valence-electron chi connectivity index (χ1n) is 12.6. The molecule has 1 atom stereocenters. The number of carbonyl (C=O) groups is 2. The van der Waals surface area contributed by atoms with Gasteiger partial charge in [-0.25, -0.2) is 0 Å². The summed E-state index contributed by atoms with van der Waals surface area (Å²) in [6.45, 7) is 8.39. The monoisotopic (exact) mass is 548 g/mol. The van der Waals surface area contributed by atoms with E-state index in [0.29, 0.717) is 25.8 Å². The maximum Gasteiger partial charge on any atom is 0.243 e. The van der Waals surface area contributed by atoms with E-state index in [9.17, 15) is 9.59 Å². The number of nitrogens with one attached hydrogen (secondary N) is 1. The smallest absolute Gasteiger partial charge is 0.243 e. The van der Waals surface area contributed by atoms with Crippen LogP contribution in [0.3, 0.4) is 0 Å². The van der Waals surface area contributed by atoms with Gasteiger partial charge in [0.05, 0.1) is 0 Å². The minimum absolute atomic E-state index is 0.0255. The second-order valence-corrected chi connectivity index (χ2v) is 11.2. The molecule has 0 fully saturated rings. The molecule has 1 N–H and O–H groups in total. The summed E-state index contributed by atoms with van der Waals surface area (Å²) in [4.78, 5) is 29.1. The number of hydrogen-bond acceptors (Lipinski definition) is 2. The molecule has 0 saturated heterocycles. The Labute approximate surface area is 224 Å². The third kappa shape index (κ3) is 8.63. The van der Waals surface area contributed by atoms with Crippen molar-refractivity contribution < 1.29 is 9.59 Å². The molecule has 5 heteroatoms. The first-order valence-corrected chi connectivity index (χ1v) is 13.4. The van der Waals surface area contributed by atoms with Gasteiger partial charge in [0.25, 0.3) is 0 Å². The van der Waals surface area contributed by atoms with Crippen molar-refractivity contribution in [1.82, 2.24) is 10.2 Å². The van der Waals surface area contributed by atoms with Gasteiger partial charge in [-0.15, -0.1) is 0 Å². The second kappa shape index (κ2) is 12.9. The predicted octanol–water partition coefficient (Wildman–Crippen LogP) is 6.50. The Morgan fingerprint density at radius 2 is 1.42 bits per heavy atom. The van der Waals surface area contributed by atoms with Gasteiger partial charge in [0.1, 0.15) is 6.04 Å². The zero-order valence-corrected chi connectivity index (χ0v) is 23.3. The molecule has 2 amide bonds. The average Bonchev–Trinajstić information content (AvgIpc) is 2.85. The van der Waals surface area contributed by atoms with Gasteiger partial charge in [0, 0.05) is 29.4 Å². The van der Waals surface area contributed by atoms with Gasteiger partial charge in [-0.2, -0.15) is 0 Å². The standard InChI is InChI=1S/C31H37BrN2O2/c1-5-23-11-13-24(14-12-23)17-20-29(35)34(22-26-15-18-27(32)19-16-26)28(30(36)33-31(2,3)4)21-25-9-7-6-8-10-25/h6-16,18-19,28H,5,17,20-22H2,1-4H3,(H,33,36)/t28-/m0/s1. The van der Waals surface area contributed by atoms with Crippen LogP contribution in [-0.2, 0) is 35.4 Å². The highest BCUT2D eigenvalue weighted by molar-refractivity contribution is 9.10. The maximum atomic E-state index is 13.7. The molecule has 0 unspecified atom stereocenters. The SMILES string of the molecule is CCc1ccc(CCC(=O)N(Cc2ccc(Br)cc2)[C@@H](Cc2ccccc2)C(=O)NC(C)(C)C)cc1. The summed E-state index contributed by atoms with van der Waals surface area (Å²) in [6.07, 6.45) is 2.43. The number of carbonyl (C=O) groups excluding carboxylic acids is 2. The number of aryl methyl sites for hydroxylation is 2. The third-order valence-electron chi connectivity index (χ3n) is 6.09. The summed E-state index contributed by atoms with van der Waals surface area (Å²) in [7, 11) is 0. The molecule has 0 saturated carbocycles. The lowest BCUT2D eigenvalue weighted by molar-refractivity contribution is -0.141. The van der Waals surface area contributed by atoms with Crippen molar-refractivity contribution in [2.45, 2.75) is 71.5 Å². The fourth-order valence-electron chi connectivity index (χ4n) is 4.13. The van der Waals surface area contributed by atoms with Gasteiger partial charge in [-0.3, -0.25) is 9.59 Å².